The van der Waals surface area contributed by atoms with E-state index in [-0.39, 0.29) is 11.4 Å². The van der Waals surface area contributed by atoms with Crippen molar-refractivity contribution in [1.82, 2.24) is 4.98 Å². The lowest BCUT2D eigenvalue weighted by atomic mass is 9.85. The molecule has 0 fully saturated rings. The smallest absolute Gasteiger partial charge is 0.334 e. The summed E-state index contributed by atoms with van der Waals surface area (Å²) in [4.78, 5) is 31.2. The van der Waals surface area contributed by atoms with Gasteiger partial charge in [0, 0.05) is 34.6 Å². The molecule has 0 saturated carbocycles. The number of nitrogens with zero attached hydrogens (tertiary/aromatic N) is 2. The molecule has 0 radical (unpaired) electrons. The van der Waals surface area contributed by atoms with Crippen LogP contribution in [0.15, 0.2) is 102 Å². The van der Waals surface area contributed by atoms with E-state index < -0.39 is 11.9 Å². The summed E-state index contributed by atoms with van der Waals surface area (Å²) in [7, 11) is 0. The predicted octanol–water partition coefficient (Wildman–Crippen LogP) is 5.18. The van der Waals surface area contributed by atoms with Gasteiger partial charge in [-0.1, -0.05) is 54.6 Å². The molecule has 5 heteroatoms. The maximum Gasteiger partial charge on any atom is 0.334 e. The van der Waals surface area contributed by atoms with Gasteiger partial charge in [-0.15, -0.1) is 0 Å². The van der Waals surface area contributed by atoms with Crippen LogP contribution < -0.4 is 4.90 Å². The molecular formula is C26H22N2O3. The van der Waals surface area contributed by atoms with Gasteiger partial charge >= 0.3 is 5.97 Å². The van der Waals surface area contributed by atoms with E-state index in [0.717, 1.165) is 16.9 Å². The average molecular weight is 410 g/mol. The molecule has 0 bridgehead atoms. The molecule has 1 aliphatic rings. The van der Waals surface area contributed by atoms with Crippen molar-refractivity contribution in [2.24, 2.45) is 0 Å². The first-order valence-corrected chi connectivity index (χ1v) is 9.99. The number of carbonyl (C=O) groups is 2. The Morgan fingerprint density at radius 2 is 1.68 bits per heavy atom. The van der Waals surface area contributed by atoms with Crippen molar-refractivity contribution in [3.8, 4) is 0 Å². The summed E-state index contributed by atoms with van der Waals surface area (Å²) in [5.74, 6) is -1.54. The molecule has 0 aliphatic carbocycles. The summed E-state index contributed by atoms with van der Waals surface area (Å²) in [5, 5.41) is 10.1. The van der Waals surface area contributed by atoms with Gasteiger partial charge in [0.05, 0.1) is 17.5 Å². The lowest BCUT2D eigenvalue weighted by Gasteiger charge is -2.34. The SMILES string of the molecule is CC1=CC(c2cccc(C(=O)c3ccccc3)c2)C(C(=O)O)=C(C)N1c1cccnc1. The zero-order valence-corrected chi connectivity index (χ0v) is 17.3. The average Bonchev–Trinajstić information content (AvgIpc) is 2.79. The predicted molar refractivity (Wildman–Crippen MR) is 120 cm³/mol. The molecule has 0 amide bonds. The second-order valence-electron chi connectivity index (χ2n) is 7.46. The molecule has 2 heterocycles. The number of hydrogen-bond acceptors (Lipinski definition) is 4. The summed E-state index contributed by atoms with van der Waals surface area (Å²) in [6, 6.07) is 20.0. The van der Waals surface area contributed by atoms with Crippen LogP contribution in [-0.2, 0) is 4.79 Å². The third kappa shape index (κ3) is 3.90. The van der Waals surface area contributed by atoms with Gasteiger partial charge in [0.2, 0.25) is 0 Å². The summed E-state index contributed by atoms with van der Waals surface area (Å²) in [6.07, 6.45) is 5.32. The fourth-order valence-corrected chi connectivity index (χ4v) is 4.07. The first-order valence-electron chi connectivity index (χ1n) is 9.99. The monoisotopic (exact) mass is 410 g/mol. The molecule has 0 spiro atoms. The number of carboxylic acids is 1. The number of carboxylic acid groups (broad SMARTS) is 1. The van der Waals surface area contributed by atoms with E-state index in [9.17, 15) is 14.7 Å². The fourth-order valence-electron chi connectivity index (χ4n) is 4.07. The summed E-state index contributed by atoms with van der Waals surface area (Å²) < 4.78 is 0. The van der Waals surface area contributed by atoms with Gasteiger partial charge in [0.25, 0.3) is 0 Å². The molecule has 0 saturated heterocycles. The Hall–Kier alpha value is -3.99. The summed E-state index contributed by atoms with van der Waals surface area (Å²) in [5.41, 5.74) is 4.52. The Morgan fingerprint density at radius 1 is 0.935 bits per heavy atom. The van der Waals surface area contributed by atoms with Crippen molar-refractivity contribution in [3.05, 3.63) is 119 Å². The van der Waals surface area contributed by atoms with Gasteiger partial charge in [0.1, 0.15) is 0 Å². The highest BCUT2D eigenvalue weighted by atomic mass is 16.4. The highest BCUT2D eigenvalue weighted by Crippen LogP contribution is 2.39. The lowest BCUT2D eigenvalue weighted by molar-refractivity contribution is -0.133. The van der Waals surface area contributed by atoms with Crippen molar-refractivity contribution < 1.29 is 14.7 Å². The van der Waals surface area contributed by atoms with Gasteiger partial charge in [0.15, 0.2) is 5.78 Å². The first-order chi connectivity index (χ1) is 15.0. The number of aromatic nitrogens is 1. The summed E-state index contributed by atoms with van der Waals surface area (Å²) in [6.45, 7) is 3.75. The number of carbonyl (C=O) groups excluding carboxylic acids is 1. The number of anilines is 1. The van der Waals surface area contributed by atoms with E-state index in [1.807, 2.05) is 54.3 Å². The number of rotatable bonds is 5. The molecule has 154 valence electrons. The van der Waals surface area contributed by atoms with Crippen LogP contribution >= 0.6 is 0 Å². The first kappa shape index (κ1) is 20.3. The third-order valence-electron chi connectivity index (χ3n) is 5.48. The minimum atomic E-state index is -0.986. The molecule has 1 unspecified atom stereocenters. The van der Waals surface area contributed by atoms with Crippen molar-refractivity contribution >= 4 is 17.4 Å². The number of benzene rings is 2. The van der Waals surface area contributed by atoms with Crippen LogP contribution in [0.5, 0.6) is 0 Å². The van der Waals surface area contributed by atoms with Crippen molar-refractivity contribution in [1.29, 1.82) is 0 Å². The number of aliphatic carboxylic acids is 1. The van der Waals surface area contributed by atoms with Gasteiger partial charge < -0.3 is 10.0 Å². The second kappa shape index (κ2) is 8.40. The van der Waals surface area contributed by atoms with Crippen LogP contribution in [0.1, 0.15) is 41.3 Å². The van der Waals surface area contributed by atoms with Crippen LogP contribution in [0.25, 0.3) is 0 Å². The Balaban J connectivity index is 1.77. The van der Waals surface area contributed by atoms with Gasteiger partial charge in [-0.25, -0.2) is 4.79 Å². The van der Waals surface area contributed by atoms with E-state index in [1.54, 1.807) is 49.6 Å². The number of pyridine rings is 1. The number of hydrogen-bond donors (Lipinski definition) is 1. The molecule has 2 aromatic carbocycles. The number of allylic oxidation sites excluding steroid dienone is 3. The molecule has 4 rings (SSSR count). The van der Waals surface area contributed by atoms with E-state index >= 15 is 0 Å². The Bertz CT molecular complexity index is 1200. The van der Waals surface area contributed by atoms with Crippen molar-refractivity contribution in [2.75, 3.05) is 4.90 Å². The number of ketones is 1. The Kier molecular flexibility index (Phi) is 5.50. The highest BCUT2D eigenvalue weighted by molar-refractivity contribution is 6.09. The standard InChI is InChI=1S/C26H22N2O3/c1-17-14-23(24(26(30)31)18(2)28(17)22-12-7-13-27-16-22)20-10-6-11-21(15-20)25(29)19-8-4-3-5-9-19/h3-16,23H,1-2H3,(H,30,31). The van der Waals surface area contributed by atoms with Crippen molar-refractivity contribution in [3.63, 3.8) is 0 Å². The van der Waals surface area contributed by atoms with E-state index in [0.29, 0.717) is 16.8 Å². The minimum absolute atomic E-state index is 0.0893. The largest absolute Gasteiger partial charge is 0.478 e. The Labute approximate surface area is 181 Å². The van der Waals surface area contributed by atoms with Crippen LogP contribution in [-0.4, -0.2) is 21.8 Å². The third-order valence-corrected chi connectivity index (χ3v) is 5.48. The van der Waals surface area contributed by atoms with Gasteiger partial charge in [-0.05, 0) is 37.6 Å². The molecule has 1 N–H and O–H groups in total. The van der Waals surface area contributed by atoms with Gasteiger partial charge in [-0.3, -0.25) is 9.78 Å². The Morgan fingerprint density at radius 3 is 2.35 bits per heavy atom. The van der Waals surface area contributed by atoms with E-state index in [1.165, 1.54) is 0 Å². The molecule has 3 aromatic rings. The minimum Gasteiger partial charge on any atom is -0.478 e. The second-order valence-corrected chi connectivity index (χ2v) is 7.46. The maximum absolute atomic E-state index is 12.9. The molecule has 1 atom stereocenters. The van der Waals surface area contributed by atoms with Crippen LogP contribution in [0.4, 0.5) is 5.69 Å². The zero-order chi connectivity index (χ0) is 22.0. The van der Waals surface area contributed by atoms with Crippen LogP contribution in [0.3, 0.4) is 0 Å². The zero-order valence-electron chi connectivity index (χ0n) is 17.3. The molecule has 5 nitrogen and oxygen atoms in total. The topological polar surface area (TPSA) is 70.5 Å². The van der Waals surface area contributed by atoms with E-state index in [2.05, 4.69) is 4.98 Å². The summed E-state index contributed by atoms with van der Waals surface area (Å²) >= 11 is 0. The molecule has 31 heavy (non-hydrogen) atoms. The van der Waals surface area contributed by atoms with Crippen LogP contribution in [0, 0.1) is 0 Å². The van der Waals surface area contributed by atoms with E-state index in [4.69, 9.17) is 0 Å². The maximum atomic E-state index is 12.9. The molecular weight excluding hydrogens is 388 g/mol. The van der Waals surface area contributed by atoms with Crippen molar-refractivity contribution in [2.45, 2.75) is 19.8 Å². The quantitative estimate of drug-likeness (QED) is 0.587. The highest BCUT2D eigenvalue weighted by Gasteiger charge is 2.31. The van der Waals surface area contributed by atoms with Crippen LogP contribution in [0.2, 0.25) is 0 Å². The van der Waals surface area contributed by atoms with Gasteiger partial charge in [-0.2, -0.15) is 0 Å². The lowest BCUT2D eigenvalue weighted by Crippen LogP contribution is -2.29. The molecule has 1 aromatic heterocycles. The normalized spacial score (nSPS) is 16.1. The molecule has 1 aliphatic heterocycles. The fraction of sp³-hybridized carbons (Fsp3) is 0.115.